The average molecular weight is 281 g/mol. The Balaban J connectivity index is 0.000000774. The molecular weight excluding hydrogens is 254 g/mol. The fourth-order valence-electron chi connectivity index (χ4n) is 3.24. The monoisotopic (exact) mass is 281 g/mol. The highest BCUT2D eigenvalue weighted by Crippen LogP contribution is 2.36. The maximum atomic E-state index is 3.47. The highest BCUT2D eigenvalue weighted by molar-refractivity contribution is 5.33. The van der Waals surface area contributed by atoms with Crippen molar-refractivity contribution < 1.29 is 0 Å². The lowest BCUT2D eigenvalue weighted by atomic mass is 9.76. The van der Waals surface area contributed by atoms with E-state index in [1.807, 2.05) is 13.8 Å². The molecule has 0 aliphatic carbocycles. The Morgan fingerprint density at radius 2 is 1.19 bits per heavy atom. The second kappa shape index (κ2) is 8.63. The molecule has 0 amide bonds. The van der Waals surface area contributed by atoms with E-state index in [4.69, 9.17) is 0 Å². The Bertz CT molecular complexity index is 446. The van der Waals surface area contributed by atoms with Crippen LogP contribution >= 0.6 is 0 Å². The Morgan fingerprint density at radius 1 is 0.762 bits per heavy atom. The summed E-state index contributed by atoms with van der Waals surface area (Å²) in [4.78, 5) is 0. The van der Waals surface area contributed by atoms with Crippen molar-refractivity contribution in [3.8, 4) is 0 Å². The number of benzene rings is 2. The molecule has 1 saturated heterocycles. The van der Waals surface area contributed by atoms with Crippen molar-refractivity contribution in [1.29, 1.82) is 0 Å². The molecule has 0 spiro atoms. The molecule has 0 aromatic heterocycles. The minimum atomic E-state index is 0.546. The molecule has 3 rings (SSSR count). The fourth-order valence-corrected chi connectivity index (χ4v) is 3.24. The predicted octanol–water partition coefficient (Wildman–Crippen LogP) is 4.84. The Kier molecular flexibility index (Phi) is 6.49. The number of nitrogens with one attached hydrogen (secondary N) is 1. The van der Waals surface area contributed by atoms with E-state index in [2.05, 4.69) is 66.0 Å². The zero-order valence-corrected chi connectivity index (χ0v) is 13.3. The summed E-state index contributed by atoms with van der Waals surface area (Å²) in [7, 11) is 0. The van der Waals surface area contributed by atoms with Crippen LogP contribution in [0.1, 0.15) is 43.7 Å². The number of piperidine rings is 1. The predicted molar refractivity (Wildman–Crippen MR) is 91.7 cm³/mol. The minimum Gasteiger partial charge on any atom is -0.317 e. The van der Waals surface area contributed by atoms with Gasteiger partial charge in [0.25, 0.3) is 0 Å². The molecule has 0 saturated carbocycles. The summed E-state index contributed by atoms with van der Waals surface area (Å²) in [6.45, 7) is 6.31. The molecule has 2 aromatic rings. The lowest BCUT2D eigenvalue weighted by Crippen LogP contribution is -2.31. The number of hydrogen-bond donors (Lipinski definition) is 1. The van der Waals surface area contributed by atoms with Crippen LogP contribution in [-0.2, 0) is 0 Å². The molecule has 1 heteroatoms. The SMILES string of the molecule is CC.c1ccc(C(c2ccccc2)C2CCNCC2)cc1. The molecule has 1 heterocycles. The molecular formula is C20H27N. The Hall–Kier alpha value is -1.60. The van der Waals surface area contributed by atoms with Gasteiger partial charge in [-0.1, -0.05) is 74.5 Å². The molecule has 21 heavy (non-hydrogen) atoms. The van der Waals surface area contributed by atoms with Crippen molar-refractivity contribution in [2.75, 3.05) is 13.1 Å². The maximum Gasteiger partial charge on any atom is 0.0119 e. The lowest BCUT2D eigenvalue weighted by Gasteiger charge is -2.31. The average Bonchev–Trinajstić information content (AvgIpc) is 2.60. The first-order valence-electron chi connectivity index (χ1n) is 8.26. The molecule has 2 aromatic carbocycles. The largest absolute Gasteiger partial charge is 0.317 e. The normalized spacial score (nSPS) is 15.4. The topological polar surface area (TPSA) is 12.0 Å². The third kappa shape index (κ3) is 4.18. The second-order valence-corrected chi connectivity index (χ2v) is 5.39. The first-order chi connectivity index (χ1) is 10.4. The smallest absolute Gasteiger partial charge is 0.0119 e. The number of rotatable bonds is 3. The van der Waals surface area contributed by atoms with E-state index in [0.717, 1.165) is 19.0 Å². The van der Waals surface area contributed by atoms with Crippen molar-refractivity contribution in [3.05, 3.63) is 71.8 Å². The van der Waals surface area contributed by atoms with Gasteiger partial charge in [0.2, 0.25) is 0 Å². The van der Waals surface area contributed by atoms with Crippen LogP contribution in [0.4, 0.5) is 0 Å². The van der Waals surface area contributed by atoms with Crippen molar-refractivity contribution in [1.82, 2.24) is 5.32 Å². The van der Waals surface area contributed by atoms with Gasteiger partial charge >= 0.3 is 0 Å². The molecule has 112 valence electrons. The highest BCUT2D eigenvalue weighted by atomic mass is 14.9. The van der Waals surface area contributed by atoms with Crippen LogP contribution in [0.2, 0.25) is 0 Å². The van der Waals surface area contributed by atoms with Gasteiger partial charge in [0.05, 0.1) is 0 Å². The van der Waals surface area contributed by atoms with Crippen LogP contribution in [-0.4, -0.2) is 13.1 Å². The first-order valence-corrected chi connectivity index (χ1v) is 8.26. The van der Waals surface area contributed by atoms with Crippen LogP contribution in [0.15, 0.2) is 60.7 Å². The highest BCUT2D eigenvalue weighted by Gasteiger charge is 2.25. The summed E-state index contributed by atoms with van der Waals surface area (Å²) < 4.78 is 0. The lowest BCUT2D eigenvalue weighted by molar-refractivity contribution is 0.342. The van der Waals surface area contributed by atoms with E-state index in [0.29, 0.717) is 5.92 Å². The van der Waals surface area contributed by atoms with E-state index < -0.39 is 0 Å². The molecule has 0 bridgehead atoms. The summed E-state index contributed by atoms with van der Waals surface area (Å²) in [5.74, 6) is 1.30. The Morgan fingerprint density at radius 3 is 1.62 bits per heavy atom. The van der Waals surface area contributed by atoms with E-state index in [9.17, 15) is 0 Å². The first kappa shape index (κ1) is 15.8. The summed E-state index contributed by atoms with van der Waals surface area (Å²) in [5, 5.41) is 3.47. The zero-order chi connectivity index (χ0) is 14.9. The molecule has 0 radical (unpaired) electrons. The van der Waals surface area contributed by atoms with E-state index in [1.54, 1.807) is 0 Å². The van der Waals surface area contributed by atoms with Gasteiger partial charge in [-0.3, -0.25) is 0 Å². The zero-order valence-electron chi connectivity index (χ0n) is 13.3. The van der Waals surface area contributed by atoms with Gasteiger partial charge in [0, 0.05) is 5.92 Å². The van der Waals surface area contributed by atoms with Gasteiger partial charge < -0.3 is 5.32 Å². The maximum absolute atomic E-state index is 3.47. The molecule has 1 aliphatic heterocycles. The molecule has 0 atom stereocenters. The molecule has 1 N–H and O–H groups in total. The van der Waals surface area contributed by atoms with Crippen LogP contribution in [0.3, 0.4) is 0 Å². The molecule has 1 fully saturated rings. The molecule has 1 aliphatic rings. The fraction of sp³-hybridized carbons (Fsp3) is 0.400. The summed E-state index contributed by atoms with van der Waals surface area (Å²) in [6.07, 6.45) is 2.54. The summed E-state index contributed by atoms with van der Waals surface area (Å²) >= 11 is 0. The van der Waals surface area contributed by atoms with Crippen LogP contribution in [0, 0.1) is 5.92 Å². The van der Waals surface area contributed by atoms with Crippen LogP contribution < -0.4 is 5.32 Å². The minimum absolute atomic E-state index is 0.546. The van der Waals surface area contributed by atoms with Crippen molar-refractivity contribution >= 4 is 0 Å². The van der Waals surface area contributed by atoms with Gasteiger partial charge in [0.15, 0.2) is 0 Å². The van der Waals surface area contributed by atoms with E-state index in [1.165, 1.54) is 24.0 Å². The van der Waals surface area contributed by atoms with Gasteiger partial charge in [0.1, 0.15) is 0 Å². The van der Waals surface area contributed by atoms with E-state index in [-0.39, 0.29) is 0 Å². The van der Waals surface area contributed by atoms with Gasteiger partial charge in [-0.25, -0.2) is 0 Å². The summed E-state index contributed by atoms with van der Waals surface area (Å²) in [6, 6.07) is 22.0. The van der Waals surface area contributed by atoms with Crippen LogP contribution in [0.5, 0.6) is 0 Å². The quantitative estimate of drug-likeness (QED) is 0.848. The second-order valence-electron chi connectivity index (χ2n) is 5.39. The van der Waals surface area contributed by atoms with Crippen molar-refractivity contribution in [3.63, 3.8) is 0 Å². The van der Waals surface area contributed by atoms with Crippen LogP contribution in [0.25, 0.3) is 0 Å². The van der Waals surface area contributed by atoms with E-state index >= 15 is 0 Å². The molecule has 0 unspecified atom stereocenters. The van der Waals surface area contributed by atoms with Gasteiger partial charge in [-0.2, -0.15) is 0 Å². The molecule has 1 nitrogen and oxygen atoms in total. The standard InChI is InChI=1S/C18H21N.C2H6/c1-3-7-15(8-4-1)18(16-9-5-2-6-10-16)17-11-13-19-14-12-17;1-2/h1-10,17-19H,11-14H2;1-2H3. The van der Waals surface area contributed by atoms with Crippen molar-refractivity contribution in [2.24, 2.45) is 5.92 Å². The van der Waals surface area contributed by atoms with Gasteiger partial charge in [-0.05, 0) is 43.0 Å². The van der Waals surface area contributed by atoms with Crippen molar-refractivity contribution in [2.45, 2.75) is 32.6 Å². The third-order valence-corrected chi connectivity index (χ3v) is 4.17. The number of hydrogen-bond acceptors (Lipinski definition) is 1. The summed E-state index contributed by atoms with van der Waals surface area (Å²) in [5.41, 5.74) is 2.92. The third-order valence-electron chi connectivity index (χ3n) is 4.17. The van der Waals surface area contributed by atoms with Gasteiger partial charge in [-0.15, -0.1) is 0 Å². The Labute approximate surface area is 129 Å².